The Hall–Kier alpha value is -2.62. The number of carbonyl (C=O) groups excluding carboxylic acids is 2. The van der Waals surface area contributed by atoms with Crippen molar-refractivity contribution in [3.63, 3.8) is 0 Å². The van der Waals surface area contributed by atoms with E-state index < -0.39 is 0 Å². The molecule has 1 N–H and O–H groups in total. The molecule has 0 saturated carbocycles. The maximum Gasteiger partial charge on any atom is 0.325 e. The van der Waals surface area contributed by atoms with E-state index in [0.29, 0.717) is 0 Å². The van der Waals surface area contributed by atoms with Crippen LogP contribution in [0.15, 0.2) is 60.7 Å². The second kappa shape index (κ2) is 5.17. The molecule has 3 rings (SSSR count). The molecule has 0 atom stereocenters. The van der Waals surface area contributed by atoms with Crippen molar-refractivity contribution in [2.24, 2.45) is 0 Å². The summed E-state index contributed by atoms with van der Waals surface area (Å²) >= 11 is 0. The van der Waals surface area contributed by atoms with Crippen molar-refractivity contribution >= 4 is 11.9 Å². The molecule has 1 aliphatic rings. The molecular weight excluding hydrogens is 252 g/mol. The van der Waals surface area contributed by atoms with Gasteiger partial charge in [-0.1, -0.05) is 60.7 Å². The Morgan fingerprint density at radius 1 is 0.850 bits per heavy atom. The summed E-state index contributed by atoms with van der Waals surface area (Å²) < 4.78 is 0. The van der Waals surface area contributed by atoms with Gasteiger partial charge in [-0.2, -0.15) is 0 Å². The van der Waals surface area contributed by atoms with Crippen LogP contribution in [0.3, 0.4) is 0 Å². The number of imide groups is 1. The van der Waals surface area contributed by atoms with E-state index in [1.54, 1.807) is 4.90 Å². The van der Waals surface area contributed by atoms with Crippen molar-refractivity contribution < 1.29 is 9.59 Å². The number of urea groups is 1. The van der Waals surface area contributed by atoms with Crippen molar-refractivity contribution in [3.8, 4) is 0 Å². The van der Waals surface area contributed by atoms with Crippen LogP contribution in [0.25, 0.3) is 0 Å². The third-order valence-electron chi connectivity index (χ3n) is 3.36. The summed E-state index contributed by atoms with van der Waals surface area (Å²) in [6.07, 6.45) is 0. The lowest BCUT2D eigenvalue weighted by molar-refractivity contribution is -0.118. The third-order valence-corrected chi connectivity index (χ3v) is 3.36. The Bertz CT molecular complexity index is 586. The van der Waals surface area contributed by atoms with Crippen LogP contribution in [0.5, 0.6) is 0 Å². The van der Waals surface area contributed by atoms with Gasteiger partial charge in [-0.15, -0.1) is 0 Å². The van der Waals surface area contributed by atoms with Gasteiger partial charge in [0.1, 0.15) is 6.54 Å². The van der Waals surface area contributed by atoms with Crippen molar-refractivity contribution in [2.75, 3.05) is 6.54 Å². The average molecular weight is 266 g/mol. The van der Waals surface area contributed by atoms with Crippen molar-refractivity contribution in [1.82, 2.24) is 10.2 Å². The first-order valence-corrected chi connectivity index (χ1v) is 6.46. The molecule has 1 saturated heterocycles. The molecule has 1 fully saturated rings. The van der Waals surface area contributed by atoms with Gasteiger partial charge in [0.15, 0.2) is 0 Å². The topological polar surface area (TPSA) is 49.4 Å². The maximum absolute atomic E-state index is 12.0. The van der Waals surface area contributed by atoms with Crippen molar-refractivity contribution in [3.05, 3.63) is 71.8 Å². The second-order valence-electron chi connectivity index (χ2n) is 4.71. The Labute approximate surface area is 117 Å². The molecule has 2 aromatic carbocycles. The minimum absolute atomic E-state index is 0.0906. The highest BCUT2D eigenvalue weighted by molar-refractivity contribution is 6.02. The number of amides is 3. The van der Waals surface area contributed by atoms with Crippen LogP contribution >= 0.6 is 0 Å². The molecule has 0 bridgehead atoms. The van der Waals surface area contributed by atoms with E-state index in [2.05, 4.69) is 5.32 Å². The van der Waals surface area contributed by atoms with Crippen LogP contribution in [-0.4, -0.2) is 23.4 Å². The number of hydrogen-bond donors (Lipinski definition) is 1. The van der Waals surface area contributed by atoms with Gasteiger partial charge in [0.05, 0.1) is 6.04 Å². The van der Waals surface area contributed by atoms with Gasteiger partial charge in [0.2, 0.25) is 5.91 Å². The fraction of sp³-hybridized carbons (Fsp3) is 0.125. The summed E-state index contributed by atoms with van der Waals surface area (Å²) in [6.45, 7) is 0.0906. The number of nitrogens with zero attached hydrogens (tertiary/aromatic N) is 1. The Morgan fingerprint density at radius 2 is 1.35 bits per heavy atom. The molecule has 2 aromatic rings. The van der Waals surface area contributed by atoms with Crippen LogP contribution in [0.4, 0.5) is 4.79 Å². The molecule has 0 unspecified atom stereocenters. The van der Waals surface area contributed by atoms with E-state index in [-0.39, 0.29) is 24.5 Å². The normalized spacial score (nSPS) is 14.8. The molecular formula is C16H14N2O2. The molecule has 1 aliphatic heterocycles. The van der Waals surface area contributed by atoms with Crippen molar-refractivity contribution in [1.29, 1.82) is 0 Å². The van der Waals surface area contributed by atoms with E-state index in [0.717, 1.165) is 11.1 Å². The zero-order valence-electron chi connectivity index (χ0n) is 10.8. The quantitative estimate of drug-likeness (QED) is 0.867. The monoisotopic (exact) mass is 266 g/mol. The molecule has 20 heavy (non-hydrogen) atoms. The number of rotatable bonds is 3. The summed E-state index contributed by atoms with van der Waals surface area (Å²) in [5, 5.41) is 2.33. The van der Waals surface area contributed by atoms with Crippen molar-refractivity contribution in [2.45, 2.75) is 6.04 Å². The second-order valence-corrected chi connectivity index (χ2v) is 4.71. The highest BCUT2D eigenvalue weighted by atomic mass is 16.2. The summed E-state index contributed by atoms with van der Waals surface area (Å²) in [4.78, 5) is 25.0. The summed E-state index contributed by atoms with van der Waals surface area (Å²) in [5.74, 6) is -0.258. The standard InChI is InChI=1S/C16H14N2O2/c19-14-11-18(16(20)17-14)15(12-7-3-1-4-8-12)13-9-5-2-6-10-13/h1-10,15H,11H2,(H,17,19,20). The molecule has 3 amide bonds. The SMILES string of the molecule is O=C1CN(C(c2ccccc2)c2ccccc2)C(=O)N1. The van der Waals surface area contributed by atoms with Gasteiger partial charge in [0.25, 0.3) is 0 Å². The first kappa shape index (κ1) is 12.4. The van der Waals surface area contributed by atoms with E-state index >= 15 is 0 Å². The van der Waals surface area contributed by atoms with Crippen LogP contribution < -0.4 is 5.32 Å². The number of carbonyl (C=O) groups is 2. The molecule has 4 nitrogen and oxygen atoms in total. The fourth-order valence-corrected chi connectivity index (χ4v) is 2.49. The van der Waals surface area contributed by atoms with Gasteiger partial charge in [-0.25, -0.2) is 4.79 Å². The van der Waals surface area contributed by atoms with E-state index in [9.17, 15) is 9.59 Å². The first-order valence-electron chi connectivity index (χ1n) is 6.46. The zero-order chi connectivity index (χ0) is 13.9. The summed E-state index contributed by atoms with van der Waals surface area (Å²) in [6, 6.07) is 18.9. The summed E-state index contributed by atoms with van der Waals surface area (Å²) in [7, 11) is 0. The average Bonchev–Trinajstić information content (AvgIpc) is 2.80. The number of nitrogens with one attached hydrogen (secondary N) is 1. The highest BCUT2D eigenvalue weighted by Gasteiger charge is 2.34. The minimum Gasteiger partial charge on any atom is -0.304 e. The van der Waals surface area contributed by atoms with Gasteiger partial charge < -0.3 is 4.90 Å². The predicted octanol–water partition coefficient (Wildman–Crippen LogP) is 2.33. The first-order chi connectivity index (χ1) is 9.75. The third kappa shape index (κ3) is 2.28. The Kier molecular flexibility index (Phi) is 3.21. The fourth-order valence-electron chi connectivity index (χ4n) is 2.49. The smallest absolute Gasteiger partial charge is 0.304 e. The molecule has 0 aromatic heterocycles. The molecule has 1 heterocycles. The number of hydrogen-bond acceptors (Lipinski definition) is 2. The summed E-state index contributed by atoms with van der Waals surface area (Å²) in [5.41, 5.74) is 1.98. The lowest BCUT2D eigenvalue weighted by Crippen LogP contribution is -2.33. The van der Waals surface area contributed by atoms with E-state index in [1.807, 2.05) is 60.7 Å². The largest absolute Gasteiger partial charge is 0.325 e. The van der Waals surface area contributed by atoms with E-state index in [1.165, 1.54) is 0 Å². The lowest BCUT2D eigenvalue weighted by atomic mass is 9.97. The predicted molar refractivity (Wildman–Crippen MR) is 75.0 cm³/mol. The molecule has 4 heteroatoms. The van der Waals surface area contributed by atoms with Crippen LogP contribution in [0, 0.1) is 0 Å². The molecule has 0 radical (unpaired) electrons. The lowest BCUT2D eigenvalue weighted by Gasteiger charge is -2.27. The minimum atomic E-state index is -0.340. The van der Waals surface area contributed by atoms with Gasteiger partial charge >= 0.3 is 6.03 Å². The molecule has 100 valence electrons. The van der Waals surface area contributed by atoms with E-state index in [4.69, 9.17) is 0 Å². The highest BCUT2D eigenvalue weighted by Crippen LogP contribution is 2.29. The van der Waals surface area contributed by atoms with Crippen LogP contribution in [0.1, 0.15) is 17.2 Å². The number of benzene rings is 2. The van der Waals surface area contributed by atoms with Gasteiger partial charge in [-0.3, -0.25) is 10.1 Å². The van der Waals surface area contributed by atoms with Crippen LogP contribution in [0.2, 0.25) is 0 Å². The van der Waals surface area contributed by atoms with Crippen LogP contribution in [-0.2, 0) is 4.79 Å². The Balaban J connectivity index is 2.05. The van der Waals surface area contributed by atoms with Gasteiger partial charge in [0, 0.05) is 0 Å². The molecule has 0 aliphatic carbocycles. The molecule has 0 spiro atoms. The zero-order valence-corrected chi connectivity index (χ0v) is 10.8. The Morgan fingerprint density at radius 3 is 1.75 bits per heavy atom. The van der Waals surface area contributed by atoms with Gasteiger partial charge in [-0.05, 0) is 11.1 Å². The maximum atomic E-state index is 12.0.